The molecule has 1 aromatic rings. The molecule has 1 aromatic carbocycles. The Morgan fingerprint density at radius 2 is 2.00 bits per heavy atom. The second-order valence-corrected chi connectivity index (χ2v) is 3.38. The Balaban J connectivity index is 0.00000256. The van der Waals surface area contributed by atoms with Gasteiger partial charge in [0.25, 0.3) is 5.91 Å². The molecule has 0 aromatic heterocycles. The van der Waals surface area contributed by atoms with E-state index < -0.39 is 6.10 Å². The quantitative estimate of drug-likeness (QED) is 0.869. The Bertz CT molecular complexity index is 329. The van der Waals surface area contributed by atoms with Crippen LogP contribution in [0.3, 0.4) is 0 Å². The molecule has 0 saturated carbocycles. The molecule has 5 heteroatoms. The number of ether oxygens (including phenoxy) is 1. The maximum Gasteiger partial charge on any atom is 0.257 e. The average Bonchev–Trinajstić information content (AvgIpc) is 2.33. The van der Waals surface area contributed by atoms with Crippen molar-refractivity contribution in [3.8, 4) is 0 Å². The van der Waals surface area contributed by atoms with Gasteiger partial charge in [0.05, 0.1) is 0 Å². The number of amides is 1. The van der Waals surface area contributed by atoms with Crippen LogP contribution in [-0.4, -0.2) is 32.2 Å². The summed E-state index contributed by atoms with van der Waals surface area (Å²) in [6, 6.07) is 9.50. The van der Waals surface area contributed by atoms with E-state index in [-0.39, 0.29) is 24.9 Å². The molecular formula is C12H19ClN2O2. The van der Waals surface area contributed by atoms with Crippen LogP contribution in [0.4, 0.5) is 5.69 Å². The minimum absolute atomic E-state index is 0. The van der Waals surface area contributed by atoms with Gasteiger partial charge in [-0.2, -0.15) is 0 Å². The molecule has 0 aliphatic carbocycles. The summed E-state index contributed by atoms with van der Waals surface area (Å²) in [5.74, 6) is -0.0984. The van der Waals surface area contributed by atoms with E-state index in [4.69, 9.17) is 10.5 Å². The summed E-state index contributed by atoms with van der Waals surface area (Å²) >= 11 is 0. The molecule has 4 nitrogen and oxygen atoms in total. The Morgan fingerprint density at radius 3 is 2.41 bits per heavy atom. The fourth-order valence-corrected chi connectivity index (χ4v) is 1.55. The first kappa shape index (κ1) is 15.9. The standard InChI is InChI=1S/C12H18N2O2.ClH/c1-3-14(10-7-5-4-6-8-10)12(15)11(9-13)16-2;/h4-8,11H,3,9,13H2,1-2H3;1H. The SMILES string of the molecule is CCN(C(=O)C(CN)OC)c1ccccc1.Cl. The summed E-state index contributed by atoms with van der Waals surface area (Å²) in [6.45, 7) is 2.72. The number of hydrogen-bond donors (Lipinski definition) is 1. The van der Waals surface area contributed by atoms with Crippen LogP contribution in [0.2, 0.25) is 0 Å². The van der Waals surface area contributed by atoms with Crippen LogP contribution in [0.15, 0.2) is 30.3 Å². The maximum absolute atomic E-state index is 12.1. The van der Waals surface area contributed by atoms with E-state index in [0.29, 0.717) is 6.54 Å². The molecule has 0 radical (unpaired) electrons. The Labute approximate surface area is 108 Å². The first-order valence-corrected chi connectivity index (χ1v) is 5.33. The van der Waals surface area contributed by atoms with Crippen LogP contribution in [0.25, 0.3) is 0 Å². The molecule has 1 rings (SSSR count). The molecule has 96 valence electrons. The summed E-state index contributed by atoms with van der Waals surface area (Å²) in [5.41, 5.74) is 6.35. The minimum Gasteiger partial charge on any atom is -0.370 e. The summed E-state index contributed by atoms with van der Waals surface area (Å²) in [7, 11) is 1.49. The smallest absolute Gasteiger partial charge is 0.257 e. The van der Waals surface area contributed by atoms with Crippen molar-refractivity contribution in [2.24, 2.45) is 5.73 Å². The Kier molecular flexibility index (Phi) is 7.54. The Hall–Kier alpha value is -1.10. The lowest BCUT2D eigenvalue weighted by Gasteiger charge is -2.24. The highest BCUT2D eigenvalue weighted by molar-refractivity contribution is 5.96. The fourth-order valence-electron chi connectivity index (χ4n) is 1.55. The van der Waals surface area contributed by atoms with Gasteiger partial charge in [-0.05, 0) is 19.1 Å². The molecule has 0 fully saturated rings. The number of carbonyl (C=O) groups is 1. The topological polar surface area (TPSA) is 55.6 Å². The highest BCUT2D eigenvalue weighted by Crippen LogP contribution is 2.14. The molecule has 2 N–H and O–H groups in total. The van der Waals surface area contributed by atoms with Gasteiger partial charge >= 0.3 is 0 Å². The lowest BCUT2D eigenvalue weighted by molar-refractivity contribution is -0.127. The van der Waals surface area contributed by atoms with Crippen molar-refractivity contribution < 1.29 is 9.53 Å². The number of hydrogen-bond acceptors (Lipinski definition) is 3. The monoisotopic (exact) mass is 258 g/mol. The molecule has 1 atom stereocenters. The second kappa shape index (κ2) is 8.06. The molecule has 0 heterocycles. The van der Waals surface area contributed by atoms with Gasteiger partial charge in [-0.1, -0.05) is 18.2 Å². The lowest BCUT2D eigenvalue weighted by atomic mass is 10.2. The van der Waals surface area contributed by atoms with Gasteiger partial charge < -0.3 is 15.4 Å². The molecule has 0 aliphatic heterocycles. The zero-order chi connectivity index (χ0) is 12.0. The van der Waals surface area contributed by atoms with Gasteiger partial charge in [-0.15, -0.1) is 12.4 Å². The zero-order valence-electron chi connectivity index (χ0n) is 10.1. The summed E-state index contributed by atoms with van der Waals surface area (Å²) in [4.78, 5) is 13.7. The molecule has 17 heavy (non-hydrogen) atoms. The van der Waals surface area contributed by atoms with Crippen molar-refractivity contribution >= 4 is 24.0 Å². The van der Waals surface area contributed by atoms with Gasteiger partial charge in [0.15, 0.2) is 0 Å². The molecule has 0 spiro atoms. The molecule has 1 unspecified atom stereocenters. The number of rotatable bonds is 5. The predicted molar refractivity (Wildman–Crippen MR) is 71.6 cm³/mol. The van der Waals surface area contributed by atoms with E-state index in [1.165, 1.54) is 7.11 Å². The Morgan fingerprint density at radius 1 is 1.41 bits per heavy atom. The van der Waals surface area contributed by atoms with Crippen molar-refractivity contribution in [1.82, 2.24) is 0 Å². The predicted octanol–water partition coefficient (Wildman–Crippen LogP) is 1.43. The van der Waals surface area contributed by atoms with Gasteiger partial charge in [0, 0.05) is 25.9 Å². The maximum atomic E-state index is 12.1. The van der Waals surface area contributed by atoms with Crippen LogP contribution in [0, 0.1) is 0 Å². The van der Waals surface area contributed by atoms with Crippen LogP contribution in [0.1, 0.15) is 6.92 Å². The summed E-state index contributed by atoms with van der Waals surface area (Å²) < 4.78 is 5.05. The van der Waals surface area contributed by atoms with Gasteiger partial charge in [-0.25, -0.2) is 0 Å². The fraction of sp³-hybridized carbons (Fsp3) is 0.417. The molecule has 1 amide bonds. The number of halogens is 1. The van der Waals surface area contributed by atoms with Gasteiger partial charge in [-0.3, -0.25) is 4.79 Å². The van der Waals surface area contributed by atoms with Crippen LogP contribution in [-0.2, 0) is 9.53 Å². The second-order valence-electron chi connectivity index (χ2n) is 3.38. The summed E-state index contributed by atoms with van der Waals surface area (Å²) in [6.07, 6.45) is -0.569. The van der Waals surface area contributed by atoms with E-state index in [0.717, 1.165) is 5.69 Å². The molecule has 0 saturated heterocycles. The number of methoxy groups -OCH3 is 1. The number of nitrogens with two attached hydrogens (primary N) is 1. The minimum atomic E-state index is -0.569. The lowest BCUT2D eigenvalue weighted by Crippen LogP contribution is -2.43. The highest BCUT2D eigenvalue weighted by atomic mass is 35.5. The molecular weight excluding hydrogens is 240 g/mol. The van der Waals surface area contributed by atoms with E-state index in [2.05, 4.69) is 0 Å². The number of nitrogens with zero attached hydrogens (tertiary/aromatic N) is 1. The largest absolute Gasteiger partial charge is 0.370 e. The zero-order valence-corrected chi connectivity index (χ0v) is 10.9. The number of anilines is 1. The third kappa shape index (κ3) is 4.00. The third-order valence-electron chi connectivity index (χ3n) is 2.42. The number of para-hydroxylation sites is 1. The van der Waals surface area contributed by atoms with Crippen molar-refractivity contribution in [3.63, 3.8) is 0 Å². The van der Waals surface area contributed by atoms with Crippen molar-refractivity contribution in [1.29, 1.82) is 0 Å². The first-order valence-electron chi connectivity index (χ1n) is 5.33. The third-order valence-corrected chi connectivity index (χ3v) is 2.42. The number of likely N-dealkylation sites (N-methyl/N-ethyl adjacent to an activating group) is 1. The highest BCUT2D eigenvalue weighted by Gasteiger charge is 2.22. The average molecular weight is 259 g/mol. The normalized spacial score (nSPS) is 11.5. The van der Waals surface area contributed by atoms with Crippen LogP contribution < -0.4 is 10.6 Å². The van der Waals surface area contributed by atoms with Crippen molar-refractivity contribution in [3.05, 3.63) is 30.3 Å². The summed E-state index contributed by atoms with van der Waals surface area (Å²) in [5, 5.41) is 0. The van der Waals surface area contributed by atoms with Gasteiger partial charge in [0.2, 0.25) is 0 Å². The van der Waals surface area contributed by atoms with E-state index >= 15 is 0 Å². The van der Waals surface area contributed by atoms with E-state index in [9.17, 15) is 4.79 Å². The van der Waals surface area contributed by atoms with Crippen molar-refractivity contribution in [2.45, 2.75) is 13.0 Å². The molecule has 0 bridgehead atoms. The van der Waals surface area contributed by atoms with Crippen LogP contribution >= 0.6 is 12.4 Å². The molecule has 0 aliphatic rings. The van der Waals surface area contributed by atoms with Crippen LogP contribution in [0.5, 0.6) is 0 Å². The van der Waals surface area contributed by atoms with Crippen molar-refractivity contribution in [2.75, 3.05) is 25.1 Å². The number of carbonyl (C=O) groups excluding carboxylic acids is 1. The van der Waals surface area contributed by atoms with E-state index in [1.807, 2.05) is 37.3 Å². The van der Waals surface area contributed by atoms with E-state index in [1.54, 1.807) is 4.90 Å². The first-order chi connectivity index (χ1) is 7.74. The number of benzene rings is 1. The van der Waals surface area contributed by atoms with Gasteiger partial charge in [0.1, 0.15) is 6.10 Å².